The Labute approximate surface area is 96.5 Å². The molecule has 0 saturated carbocycles. The monoisotopic (exact) mass is 234 g/mol. The first-order valence-electron chi connectivity index (χ1n) is 4.50. The fourth-order valence-corrected chi connectivity index (χ4v) is 1.58. The van der Waals surface area contributed by atoms with Gasteiger partial charge in [-0.25, -0.2) is 4.79 Å². The summed E-state index contributed by atoms with van der Waals surface area (Å²) in [5.41, 5.74) is 0.929. The van der Waals surface area contributed by atoms with Crippen LogP contribution in [-0.4, -0.2) is 21.3 Å². The van der Waals surface area contributed by atoms with Crippen molar-refractivity contribution in [3.05, 3.63) is 47.1 Å². The molecular formula is C11H7ClN2O2. The topological polar surface area (TPSA) is 63.1 Å². The lowest BCUT2D eigenvalue weighted by atomic mass is 10.1. The van der Waals surface area contributed by atoms with E-state index in [2.05, 4.69) is 10.2 Å². The normalized spacial score (nSPS) is 10.1. The van der Waals surface area contributed by atoms with E-state index >= 15 is 0 Å². The van der Waals surface area contributed by atoms with Crippen LogP contribution in [0.15, 0.2) is 36.5 Å². The van der Waals surface area contributed by atoms with E-state index in [0.29, 0.717) is 10.6 Å². The van der Waals surface area contributed by atoms with Gasteiger partial charge in [0.25, 0.3) is 0 Å². The third kappa shape index (κ3) is 1.87. The molecule has 0 amide bonds. The second-order valence-electron chi connectivity index (χ2n) is 3.08. The maximum Gasteiger partial charge on any atom is 0.338 e. The summed E-state index contributed by atoms with van der Waals surface area (Å²) >= 11 is 5.97. The molecule has 0 bridgehead atoms. The molecule has 2 rings (SSSR count). The van der Waals surface area contributed by atoms with Crippen molar-refractivity contribution >= 4 is 17.6 Å². The first-order chi connectivity index (χ1) is 7.70. The molecule has 0 spiro atoms. The van der Waals surface area contributed by atoms with Crippen molar-refractivity contribution in [1.82, 2.24) is 10.2 Å². The molecule has 0 saturated heterocycles. The zero-order valence-corrected chi connectivity index (χ0v) is 8.85. The van der Waals surface area contributed by atoms with Crippen molar-refractivity contribution in [3.63, 3.8) is 0 Å². The molecule has 16 heavy (non-hydrogen) atoms. The molecule has 1 aromatic heterocycles. The van der Waals surface area contributed by atoms with Crippen LogP contribution in [0, 0.1) is 0 Å². The largest absolute Gasteiger partial charge is 0.478 e. The summed E-state index contributed by atoms with van der Waals surface area (Å²) in [6.07, 6.45) is 1.34. The SMILES string of the molecule is O=C(O)c1ccnnc1-c1ccccc1Cl. The first kappa shape index (κ1) is 10.6. The average molecular weight is 235 g/mol. The van der Waals surface area contributed by atoms with Gasteiger partial charge >= 0.3 is 5.97 Å². The van der Waals surface area contributed by atoms with Crippen LogP contribution in [0.25, 0.3) is 11.3 Å². The van der Waals surface area contributed by atoms with Crippen LogP contribution in [0.4, 0.5) is 0 Å². The van der Waals surface area contributed by atoms with Crippen molar-refractivity contribution in [2.75, 3.05) is 0 Å². The molecule has 0 atom stereocenters. The van der Waals surface area contributed by atoms with Gasteiger partial charge in [-0.1, -0.05) is 29.8 Å². The van der Waals surface area contributed by atoms with Crippen LogP contribution in [0.3, 0.4) is 0 Å². The Morgan fingerprint density at radius 3 is 2.69 bits per heavy atom. The summed E-state index contributed by atoms with van der Waals surface area (Å²) in [5.74, 6) is -1.05. The van der Waals surface area contributed by atoms with Gasteiger partial charge in [0.1, 0.15) is 5.69 Å². The second kappa shape index (κ2) is 4.28. The van der Waals surface area contributed by atoms with Gasteiger partial charge in [0.15, 0.2) is 0 Å². The van der Waals surface area contributed by atoms with Crippen LogP contribution in [0.1, 0.15) is 10.4 Å². The predicted octanol–water partition coefficient (Wildman–Crippen LogP) is 2.50. The zero-order chi connectivity index (χ0) is 11.5. The zero-order valence-electron chi connectivity index (χ0n) is 8.09. The van der Waals surface area contributed by atoms with Crippen molar-refractivity contribution < 1.29 is 9.90 Å². The number of aromatic nitrogens is 2. The predicted molar refractivity (Wildman–Crippen MR) is 59.4 cm³/mol. The Balaban J connectivity index is 2.65. The molecule has 0 aliphatic carbocycles. The summed E-state index contributed by atoms with van der Waals surface area (Å²) in [7, 11) is 0. The minimum Gasteiger partial charge on any atom is -0.478 e. The molecule has 0 aliphatic rings. The molecule has 4 nitrogen and oxygen atoms in total. The fourth-order valence-electron chi connectivity index (χ4n) is 1.36. The van der Waals surface area contributed by atoms with E-state index < -0.39 is 5.97 Å². The third-order valence-corrected chi connectivity index (χ3v) is 2.41. The van der Waals surface area contributed by atoms with E-state index in [1.165, 1.54) is 12.3 Å². The van der Waals surface area contributed by atoms with E-state index in [1.807, 2.05) is 0 Å². The van der Waals surface area contributed by atoms with E-state index in [4.69, 9.17) is 16.7 Å². The van der Waals surface area contributed by atoms with Gasteiger partial charge in [-0.3, -0.25) is 0 Å². The first-order valence-corrected chi connectivity index (χ1v) is 4.88. The van der Waals surface area contributed by atoms with Crippen LogP contribution < -0.4 is 0 Å². The van der Waals surface area contributed by atoms with Gasteiger partial charge in [-0.15, -0.1) is 5.10 Å². The maximum atomic E-state index is 11.0. The Hall–Kier alpha value is -1.94. The van der Waals surface area contributed by atoms with Crippen LogP contribution >= 0.6 is 11.6 Å². The summed E-state index contributed by atoms with van der Waals surface area (Å²) in [5, 5.41) is 16.9. The van der Waals surface area contributed by atoms with Gasteiger partial charge in [0.05, 0.1) is 16.8 Å². The molecule has 0 fully saturated rings. The van der Waals surface area contributed by atoms with Gasteiger partial charge < -0.3 is 5.11 Å². The summed E-state index contributed by atoms with van der Waals surface area (Å²) < 4.78 is 0. The van der Waals surface area contributed by atoms with E-state index in [-0.39, 0.29) is 11.3 Å². The molecule has 1 aromatic carbocycles. The van der Waals surface area contributed by atoms with Crippen molar-refractivity contribution in [2.45, 2.75) is 0 Å². The maximum absolute atomic E-state index is 11.0. The molecule has 80 valence electrons. The van der Waals surface area contributed by atoms with Crippen molar-refractivity contribution in [3.8, 4) is 11.3 Å². The van der Waals surface area contributed by atoms with Crippen LogP contribution in [0.2, 0.25) is 5.02 Å². The fraction of sp³-hybridized carbons (Fsp3) is 0. The molecule has 0 aliphatic heterocycles. The van der Waals surface area contributed by atoms with Gasteiger partial charge in [0, 0.05) is 5.56 Å². The number of benzene rings is 1. The molecule has 5 heteroatoms. The average Bonchev–Trinajstić information content (AvgIpc) is 2.29. The number of carbonyl (C=O) groups is 1. The highest BCUT2D eigenvalue weighted by Crippen LogP contribution is 2.27. The Morgan fingerprint density at radius 1 is 1.25 bits per heavy atom. The highest BCUT2D eigenvalue weighted by molar-refractivity contribution is 6.33. The quantitative estimate of drug-likeness (QED) is 0.867. The van der Waals surface area contributed by atoms with Gasteiger partial charge in [-0.2, -0.15) is 5.10 Å². The minimum absolute atomic E-state index is 0.0862. The number of carboxylic acid groups (broad SMARTS) is 1. The molecule has 2 aromatic rings. The van der Waals surface area contributed by atoms with Crippen molar-refractivity contribution in [1.29, 1.82) is 0 Å². The van der Waals surface area contributed by atoms with E-state index in [0.717, 1.165) is 0 Å². The smallest absolute Gasteiger partial charge is 0.338 e. The highest BCUT2D eigenvalue weighted by Gasteiger charge is 2.14. The second-order valence-corrected chi connectivity index (χ2v) is 3.49. The minimum atomic E-state index is -1.05. The molecule has 1 N–H and O–H groups in total. The molecule has 1 heterocycles. The Bertz CT molecular complexity index is 543. The standard InChI is InChI=1S/C11H7ClN2O2/c12-9-4-2-1-3-7(9)10-8(11(15)16)5-6-13-14-10/h1-6H,(H,15,16). The van der Waals surface area contributed by atoms with Gasteiger partial charge in [-0.05, 0) is 12.1 Å². The van der Waals surface area contributed by atoms with E-state index in [9.17, 15) is 4.79 Å². The molecular weight excluding hydrogens is 228 g/mol. The molecule has 0 unspecified atom stereocenters. The Morgan fingerprint density at radius 2 is 2.00 bits per heavy atom. The van der Waals surface area contributed by atoms with Crippen molar-refractivity contribution in [2.24, 2.45) is 0 Å². The lowest BCUT2D eigenvalue weighted by Crippen LogP contribution is -2.02. The number of carboxylic acids is 1. The summed E-state index contributed by atoms with van der Waals surface area (Å²) in [4.78, 5) is 11.0. The van der Waals surface area contributed by atoms with Crippen LogP contribution in [-0.2, 0) is 0 Å². The number of halogens is 1. The van der Waals surface area contributed by atoms with Gasteiger partial charge in [0.2, 0.25) is 0 Å². The molecule has 0 radical (unpaired) electrons. The Kier molecular flexibility index (Phi) is 2.83. The number of rotatable bonds is 2. The summed E-state index contributed by atoms with van der Waals surface area (Å²) in [6.45, 7) is 0. The van der Waals surface area contributed by atoms with E-state index in [1.54, 1.807) is 24.3 Å². The summed E-state index contributed by atoms with van der Waals surface area (Å²) in [6, 6.07) is 8.31. The third-order valence-electron chi connectivity index (χ3n) is 2.08. The van der Waals surface area contributed by atoms with Crippen LogP contribution in [0.5, 0.6) is 0 Å². The lowest BCUT2D eigenvalue weighted by Gasteiger charge is -2.05. The number of aromatic carboxylic acids is 1. The number of nitrogens with zero attached hydrogens (tertiary/aromatic N) is 2. The number of hydrogen-bond acceptors (Lipinski definition) is 3. The number of hydrogen-bond donors (Lipinski definition) is 1. The highest BCUT2D eigenvalue weighted by atomic mass is 35.5. The lowest BCUT2D eigenvalue weighted by molar-refractivity contribution is 0.0697.